The first kappa shape index (κ1) is 12.7. The number of carboxylic acid groups (broad SMARTS) is 1. The number of benzene rings is 1. The number of H-pyrrole nitrogens is 1. The molecule has 1 aromatic heterocycles. The number of fused-ring (bicyclic) bond motifs is 1. The maximum absolute atomic E-state index is 11.9. The van der Waals surface area contributed by atoms with Gasteiger partial charge in [0.2, 0.25) is 0 Å². The van der Waals surface area contributed by atoms with Crippen LogP contribution in [0.3, 0.4) is 0 Å². The van der Waals surface area contributed by atoms with E-state index in [2.05, 4.69) is 15.5 Å². The van der Waals surface area contributed by atoms with Gasteiger partial charge in [-0.25, -0.2) is 5.10 Å². The zero-order chi connectivity index (χ0) is 14.0. The van der Waals surface area contributed by atoms with E-state index in [0.29, 0.717) is 10.8 Å². The molecule has 7 heteroatoms. The number of carbonyl (C=O) groups excluding carboxylic acids is 1. The van der Waals surface area contributed by atoms with Crippen LogP contribution in [0, 0.1) is 0 Å². The molecule has 0 aliphatic rings. The van der Waals surface area contributed by atoms with Crippen molar-refractivity contribution in [2.45, 2.75) is 13.0 Å². The molecule has 0 saturated heterocycles. The van der Waals surface area contributed by atoms with E-state index in [4.69, 9.17) is 5.11 Å². The van der Waals surface area contributed by atoms with Crippen molar-refractivity contribution in [1.29, 1.82) is 0 Å². The number of nitrogens with one attached hydrogen (secondary N) is 2. The fraction of sp³-hybridized carbons (Fsp3) is 0.167. The number of nitrogens with zero attached hydrogens (tertiary/aromatic N) is 1. The average Bonchev–Trinajstić information content (AvgIpc) is 2.39. The van der Waals surface area contributed by atoms with Crippen LogP contribution in [0.25, 0.3) is 10.8 Å². The molecule has 7 nitrogen and oxygen atoms in total. The van der Waals surface area contributed by atoms with Crippen LogP contribution >= 0.6 is 0 Å². The fourth-order valence-corrected chi connectivity index (χ4v) is 1.61. The molecule has 0 fully saturated rings. The Morgan fingerprint density at radius 2 is 1.95 bits per heavy atom. The summed E-state index contributed by atoms with van der Waals surface area (Å²) in [5, 5.41) is 17.6. The lowest BCUT2D eigenvalue weighted by atomic mass is 10.1. The minimum atomic E-state index is -1.15. The predicted molar refractivity (Wildman–Crippen MR) is 66.9 cm³/mol. The Hall–Kier alpha value is -2.70. The molecule has 0 aliphatic heterocycles. The lowest BCUT2D eigenvalue weighted by Gasteiger charge is -2.09. The summed E-state index contributed by atoms with van der Waals surface area (Å²) in [5.41, 5.74) is -0.415. The van der Waals surface area contributed by atoms with Crippen LogP contribution in [-0.4, -0.2) is 33.2 Å². The molecule has 0 aliphatic carbocycles. The van der Waals surface area contributed by atoms with Crippen molar-refractivity contribution in [3.8, 4) is 0 Å². The van der Waals surface area contributed by atoms with Gasteiger partial charge in [-0.15, -0.1) is 0 Å². The molecular weight excluding hydrogens is 250 g/mol. The Balaban J connectivity index is 2.46. The van der Waals surface area contributed by atoms with Crippen molar-refractivity contribution in [2.75, 3.05) is 0 Å². The van der Waals surface area contributed by atoms with Gasteiger partial charge in [0.1, 0.15) is 6.04 Å². The Morgan fingerprint density at radius 3 is 2.58 bits per heavy atom. The molecule has 1 unspecified atom stereocenters. The van der Waals surface area contributed by atoms with Crippen LogP contribution in [0.15, 0.2) is 29.1 Å². The molecule has 19 heavy (non-hydrogen) atoms. The number of aromatic nitrogens is 2. The van der Waals surface area contributed by atoms with Crippen molar-refractivity contribution < 1.29 is 14.7 Å². The van der Waals surface area contributed by atoms with Gasteiger partial charge >= 0.3 is 5.97 Å². The third kappa shape index (κ3) is 2.44. The van der Waals surface area contributed by atoms with Gasteiger partial charge in [0.15, 0.2) is 5.69 Å². The molecule has 1 atom stereocenters. The third-order valence-electron chi connectivity index (χ3n) is 2.63. The molecule has 2 rings (SSSR count). The van der Waals surface area contributed by atoms with Crippen LogP contribution in [0.4, 0.5) is 0 Å². The summed E-state index contributed by atoms with van der Waals surface area (Å²) in [6, 6.07) is 5.44. The summed E-state index contributed by atoms with van der Waals surface area (Å²) in [6.45, 7) is 1.34. The van der Waals surface area contributed by atoms with E-state index in [1.807, 2.05) is 0 Å². The minimum Gasteiger partial charge on any atom is -0.480 e. The first-order chi connectivity index (χ1) is 9.00. The summed E-state index contributed by atoms with van der Waals surface area (Å²) < 4.78 is 0. The van der Waals surface area contributed by atoms with Gasteiger partial charge in [-0.2, -0.15) is 5.10 Å². The lowest BCUT2D eigenvalue weighted by molar-refractivity contribution is -0.138. The normalized spacial score (nSPS) is 12.1. The Kier molecular flexibility index (Phi) is 3.28. The molecule has 1 heterocycles. The topological polar surface area (TPSA) is 112 Å². The van der Waals surface area contributed by atoms with Gasteiger partial charge in [0.25, 0.3) is 11.5 Å². The summed E-state index contributed by atoms with van der Waals surface area (Å²) in [4.78, 5) is 34.2. The molecule has 0 radical (unpaired) electrons. The van der Waals surface area contributed by atoms with Crippen molar-refractivity contribution in [1.82, 2.24) is 15.5 Å². The highest BCUT2D eigenvalue weighted by Crippen LogP contribution is 2.12. The fourth-order valence-electron chi connectivity index (χ4n) is 1.61. The number of hydrogen-bond acceptors (Lipinski definition) is 4. The highest BCUT2D eigenvalue weighted by atomic mass is 16.4. The molecule has 2 aromatic rings. The molecule has 0 saturated carbocycles. The molecule has 0 bridgehead atoms. The van der Waals surface area contributed by atoms with E-state index < -0.39 is 23.5 Å². The largest absolute Gasteiger partial charge is 0.480 e. The minimum absolute atomic E-state index is 0.0108. The summed E-state index contributed by atoms with van der Waals surface area (Å²) in [7, 11) is 0. The van der Waals surface area contributed by atoms with Crippen molar-refractivity contribution >= 4 is 22.6 Å². The van der Waals surface area contributed by atoms with Gasteiger partial charge in [-0.1, -0.05) is 18.2 Å². The molecule has 1 amide bonds. The second kappa shape index (κ2) is 4.89. The molecular formula is C12H11N3O4. The van der Waals surface area contributed by atoms with E-state index in [1.54, 1.807) is 24.3 Å². The maximum atomic E-state index is 11.9. The average molecular weight is 261 g/mol. The SMILES string of the molecule is CC(NC(=O)c1n[nH]c(=O)c2ccccc12)C(=O)O. The van der Waals surface area contributed by atoms with Gasteiger partial charge in [0, 0.05) is 5.39 Å². The van der Waals surface area contributed by atoms with Gasteiger partial charge in [0.05, 0.1) is 5.39 Å². The van der Waals surface area contributed by atoms with Crippen molar-refractivity contribution in [3.63, 3.8) is 0 Å². The van der Waals surface area contributed by atoms with Gasteiger partial charge in [-0.3, -0.25) is 14.4 Å². The zero-order valence-corrected chi connectivity index (χ0v) is 10.0. The third-order valence-corrected chi connectivity index (χ3v) is 2.63. The number of carbonyl (C=O) groups is 2. The summed E-state index contributed by atoms with van der Waals surface area (Å²) in [6.07, 6.45) is 0. The van der Waals surface area contributed by atoms with Crippen LogP contribution in [-0.2, 0) is 4.79 Å². The Morgan fingerprint density at radius 1 is 1.32 bits per heavy atom. The van der Waals surface area contributed by atoms with E-state index >= 15 is 0 Å². The highest BCUT2D eigenvalue weighted by molar-refractivity contribution is 6.05. The lowest BCUT2D eigenvalue weighted by Crippen LogP contribution is -2.39. The second-order valence-electron chi connectivity index (χ2n) is 3.98. The van der Waals surface area contributed by atoms with Crippen molar-refractivity contribution in [3.05, 3.63) is 40.3 Å². The first-order valence-electron chi connectivity index (χ1n) is 5.52. The van der Waals surface area contributed by atoms with Crippen LogP contribution in [0.2, 0.25) is 0 Å². The van der Waals surface area contributed by atoms with E-state index in [9.17, 15) is 14.4 Å². The second-order valence-corrected chi connectivity index (χ2v) is 3.98. The van der Waals surface area contributed by atoms with E-state index in [0.717, 1.165) is 0 Å². The molecule has 1 aromatic carbocycles. The summed E-state index contributed by atoms with van der Waals surface area (Å²) >= 11 is 0. The highest BCUT2D eigenvalue weighted by Gasteiger charge is 2.19. The zero-order valence-electron chi connectivity index (χ0n) is 10.0. The maximum Gasteiger partial charge on any atom is 0.325 e. The smallest absolute Gasteiger partial charge is 0.325 e. The molecule has 0 spiro atoms. The molecule has 3 N–H and O–H groups in total. The van der Waals surface area contributed by atoms with E-state index in [-0.39, 0.29) is 5.69 Å². The molecule has 98 valence electrons. The number of hydrogen-bond donors (Lipinski definition) is 3. The van der Waals surface area contributed by atoms with Crippen LogP contribution < -0.4 is 10.9 Å². The number of aromatic amines is 1. The predicted octanol–water partition coefficient (Wildman–Crippen LogP) is 0.126. The van der Waals surface area contributed by atoms with Crippen molar-refractivity contribution in [2.24, 2.45) is 0 Å². The number of amides is 1. The summed E-state index contributed by atoms with van der Waals surface area (Å²) in [5.74, 6) is -1.80. The number of carboxylic acids is 1. The van der Waals surface area contributed by atoms with Gasteiger partial charge < -0.3 is 10.4 Å². The number of aliphatic carboxylic acids is 1. The van der Waals surface area contributed by atoms with Crippen LogP contribution in [0.5, 0.6) is 0 Å². The van der Waals surface area contributed by atoms with Crippen LogP contribution in [0.1, 0.15) is 17.4 Å². The monoisotopic (exact) mass is 261 g/mol. The Labute approximate surface area is 107 Å². The Bertz CT molecular complexity index is 707. The van der Waals surface area contributed by atoms with Gasteiger partial charge in [-0.05, 0) is 13.0 Å². The number of rotatable bonds is 3. The standard InChI is InChI=1S/C12H11N3O4/c1-6(12(18)19)13-11(17)9-7-4-2-3-5-8(7)10(16)15-14-9/h2-6H,1H3,(H,13,17)(H,15,16)(H,18,19). The first-order valence-corrected chi connectivity index (χ1v) is 5.52. The van der Waals surface area contributed by atoms with E-state index in [1.165, 1.54) is 6.92 Å². The quantitative estimate of drug-likeness (QED) is 0.726.